The molecule has 0 saturated heterocycles. The zero-order chi connectivity index (χ0) is 19.5. The van der Waals surface area contributed by atoms with Crippen LogP contribution in [0.1, 0.15) is 85.5 Å². The Balaban J connectivity index is 1.82. The topological polar surface area (TPSA) is 29.5 Å². The van der Waals surface area contributed by atoms with Crippen molar-refractivity contribution in [2.45, 2.75) is 103 Å². The summed E-state index contributed by atoms with van der Waals surface area (Å²) < 4.78 is 6.44. The first-order valence-electron chi connectivity index (χ1n) is 11.2. The van der Waals surface area contributed by atoms with Crippen molar-refractivity contribution in [2.24, 2.45) is 11.8 Å². The van der Waals surface area contributed by atoms with Crippen LogP contribution in [0.3, 0.4) is 0 Å². The van der Waals surface area contributed by atoms with Gasteiger partial charge in [-0.2, -0.15) is 0 Å². The Morgan fingerprint density at radius 2 is 1.81 bits per heavy atom. The highest BCUT2D eigenvalue weighted by molar-refractivity contribution is 6.31. The molecule has 27 heavy (non-hydrogen) atoms. The van der Waals surface area contributed by atoms with Crippen molar-refractivity contribution in [1.82, 2.24) is 0 Å². The molecule has 3 aliphatic carbocycles. The third-order valence-corrected chi connectivity index (χ3v) is 7.41. The van der Waals surface area contributed by atoms with Crippen molar-refractivity contribution in [1.29, 1.82) is 0 Å². The summed E-state index contributed by atoms with van der Waals surface area (Å²) in [6, 6.07) is 0. The molecule has 0 radical (unpaired) electrons. The summed E-state index contributed by atoms with van der Waals surface area (Å²) in [7, 11) is 0.727. The van der Waals surface area contributed by atoms with Crippen LogP contribution in [0.2, 0.25) is 5.82 Å². The van der Waals surface area contributed by atoms with E-state index in [1.807, 2.05) is 27.7 Å². The highest BCUT2D eigenvalue weighted by atomic mass is 16.5. The molecule has 0 aromatic heterocycles. The molecular formula is C24H39BO2. The normalized spacial score (nSPS) is 29.9. The fourth-order valence-electron chi connectivity index (χ4n) is 4.91. The van der Waals surface area contributed by atoms with E-state index in [2.05, 4.69) is 24.3 Å². The second-order valence-corrected chi connectivity index (χ2v) is 9.88. The highest BCUT2D eigenvalue weighted by Gasteiger charge is 2.40. The molecule has 0 amide bonds. The first-order valence-corrected chi connectivity index (χ1v) is 11.2. The van der Waals surface area contributed by atoms with E-state index in [0.29, 0.717) is 17.7 Å². The van der Waals surface area contributed by atoms with Crippen molar-refractivity contribution < 1.29 is 9.76 Å². The number of hydrogen-bond donors (Lipinski definition) is 1. The van der Waals surface area contributed by atoms with Gasteiger partial charge in [0.25, 0.3) is 7.48 Å². The summed E-state index contributed by atoms with van der Waals surface area (Å²) in [5, 5.41) is 10.5. The SMILES string of the molecule is CC(C)(O)C(C)(C)OBC1C(C2CC=CCC2)=CCCC1C1=CCCCC1. The standard InChI is InChI=1S/C24H39BO2/c1-23(2,26)24(3,4)27-25-22-20(18-12-7-5-8-13-18)16-11-17-21(22)19-14-9-6-10-15-19/h5,7,14,16,18,21-22,25-26H,6,8-13,15,17H2,1-4H3. The molecule has 0 spiro atoms. The van der Waals surface area contributed by atoms with Crippen LogP contribution >= 0.6 is 0 Å². The maximum atomic E-state index is 10.5. The van der Waals surface area contributed by atoms with E-state index < -0.39 is 11.2 Å². The van der Waals surface area contributed by atoms with Gasteiger partial charge in [-0.15, -0.1) is 0 Å². The highest BCUT2D eigenvalue weighted by Crippen LogP contribution is 2.47. The van der Waals surface area contributed by atoms with E-state index in [4.69, 9.17) is 4.65 Å². The van der Waals surface area contributed by atoms with E-state index in [0.717, 1.165) is 7.48 Å². The average molecular weight is 370 g/mol. The molecule has 2 nitrogen and oxygen atoms in total. The Kier molecular flexibility index (Phi) is 6.74. The lowest BCUT2D eigenvalue weighted by Gasteiger charge is -2.42. The monoisotopic (exact) mass is 370 g/mol. The quantitative estimate of drug-likeness (QED) is 0.467. The Labute approximate surface area is 167 Å². The minimum Gasteiger partial charge on any atom is -0.431 e. The lowest BCUT2D eigenvalue weighted by Crippen LogP contribution is -2.49. The van der Waals surface area contributed by atoms with Crippen LogP contribution in [-0.2, 0) is 4.65 Å². The Bertz CT molecular complexity index is 594. The van der Waals surface area contributed by atoms with Crippen LogP contribution < -0.4 is 0 Å². The molecule has 3 heteroatoms. The van der Waals surface area contributed by atoms with Gasteiger partial charge < -0.3 is 9.76 Å². The van der Waals surface area contributed by atoms with Crippen LogP contribution in [0.15, 0.2) is 35.5 Å². The summed E-state index contributed by atoms with van der Waals surface area (Å²) in [6.07, 6.45) is 21.1. The number of allylic oxidation sites excluding steroid dienone is 6. The van der Waals surface area contributed by atoms with Gasteiger partial charge in [0.2, 0.25) is 0 Å². The summed E-state index contributed by atoms with van der Waals surface area (Å²) in [5.74, 6) is 1.79. The van der Waals surface area contributed by atoms with E-state index in [1.165, 1.54) is 57.8 Å². The average Bonchev–Trinajstić information content (AvgIpc) is 2.66. The summed E-state index contributed by atoms with van der Waals surface area (Å²) in [6.45, 7) is 7.77. The van der Waals surface area contributed by atoms with Crippen LogP contribution in [-0.4, -0.2) is 23.8 Å². The molecule has 3 atom stereocenters. The molecule has 0 aliphatic heterocycles. The second kappa shape index (κ2) is 8.70. The predicted molar refractivity (Wildman–Crippen MR) is 116 cm³/mol. The Hall–Kier alpha value is -0.795. The van der Waals surface area contributed by atoms with Gasteiger partial charge in [-0.25, -0.2) is 0 Å². The lowest BCUT2D eigenvalue weighted by atomic mass is 9.56. The second-order valence-electron chi connectivity index (χ2n) is 9.88. The van der Waals surface area contributed by atoms with Crippen molar-refractivity contribution in [2.75, 3.05) is 0 Å². The predicted octanol–water partition coefficient (Wildman–Crippen LogP) is 5.89. The van der Waals surface area contributed by atoms with E-state index in [1.54, 1.807) is 11.1 Å². The van der Waals surface area contributed by atoms with Gasteiger partial charge in [-0.1, -0.05) is 35.5 Å². The van der Waals surface area contributed by atoms with E-state index in [9.17, 15) is 5.11 Å². The fourth-order valence-corrected chi connectivity index (χ4v) is 4.91. The molecule has 150 valence electrons. The van der Waals surface area contributed by atoms with Gasteiger partial charge in [0.05, 0.1) is 11.2 Å². The Morgan fingerprint density at radius 1 is 1.00 bits per heavy atom. The smallest absolute Gasteiger partial charge is 0.283 e. The molecule has 3 aliphatic rings. The van der Waals surface area contributed by atoms with Gasteiger partial charge in [0.15, 0.2) is 0 Å². The third kappa shape index (κ3) is 4.98. The lowest BCUT2D eigenvalue weighted by molar-refractivity contribution is -0.0911. The molecular weight excluding hydrogens is 331 g/mol. The molecule has 0 fully saturated rings. The van der Waals surface area contributed by atoms with Crippen molar-refractivity contribution in [3.63, 3.8) is 0 Å². The maximum Gasteiger partial charge on any atom is 0.283 e. The van der Waals surface area contributed by atoms with Crippen LogP contribution in [0.4, 0.5) is 0 Å². The first-order chi connectivity index (χ1) is 12.8. The van der Waals surface area contributed by atoms with Gasteiger partial charge >= 0.3 is 0 Å². The van der Waals surface area contributed by atoms with Gasteiger partial charge in [0.1, 0.15) is 0 Å². The summed E-state index contributed by atoms with van der Waals surface area (Å²) >= 11 is 0. The molecule has 1 N–H and O–H groups in total. The van der Waals surface area contributed by atoms with Crippen LogP contribution in [0.25, 0.3) is 0 Å². The molecule has 0 heterocycles. The van der Waals surface area contributed by atoms with E-state index in [-0.39, 0.29) is 0 Å². The van der Waals surface area contributed by atoms with Gasteiger partial charge in [-0.05, 0) is 103 Å². The Morgan fingerprint density at radius 3 is 2.44 bits per heavy atom. The largest absolute Gasteiger partial charge is 0.431 e. The van der Waals surface area contributed by atoms with Crippen molar-refractivity contribution >= 4 is 7.48 Å². The van der Waals surface area contributed by atoms with Gasteiger partial charge in [0, 0.05) is 0 Å². The summed E-state index contributed by atoms with van der Waals surface area (Å²) in [4.78, 5) is 0. The molecule has 3 rings (SSSR count). The minimum absolute atomic E-state index is 0.473. The zero-order valence-corrected chi connectivity index (χ0v) is 18.0. The zero-order valence-electron chi connectivity index (χ0n) is 18.0. The minimum atomic E-state index is -0.848. The third-order valence-electron chi connectivity index (χ3n) is 7.41. The maximum absolute atomic E-state index is 10.5. The summed E-state index contributed by atoms with van der Waals surface area (Å²) in [5.41, 5.74) is 1.94. The number of rotatable bonds is 6. The van der Waals surface area contributed by atoms with Gasteiger partial charge in [-0.3, -0.25) is 0 Å². The molecule has 0 bridgehead atoms. The molecule has 0 saturated carbocycles. The molecule has 3 unspecified atom stereocenters. The first kappa shape index (κ1) is 20.9. The number of aliphatic hydroxyl groups is 1. The fraction of sp³-hybridized carbons (Fsp3) is 0.750. The van der Waals surface area contributed by atoms with E-state index >= 15 is 0 Å². The van der Waals surface area contributed by atoms with Crippen LogP contribution in [0, 0.1) is 11.8 Å². The van der Waals surface area contributed by atoms with Crippen LogP contribution in [0.5, 0.6) is 0 Å². The van der Waals surface area contributed by atoms with Crippen molar-refractivity contribution in [3.8, 4) is 0 Å². The molecule has 0 aromatic rings. The number of hydrogen-bond acceptors (Lipinski definition) is 2. The van der Waals surface area contributed by atoms with Crippen molar-refractivity contribution in [3.05, 3.63) is 35.5 Å². The molecule has 0 aromatic carbocycles.